The van der Waals surface area contributed by atoms with Gasteiger partial charge in [0.1, 0.15) is 0 Å². The van der Waals surface area contributed by atoms with E-state index in [0.29, 0.717) is 6.04 Å². The van der Waals surface area contributed by atoms with Crippen molar-refractivity contribution in [3.63, 3.8) is 0 Å². The van der Waals surface area contributed by atoms with Gasteiger partial charge in [-0.05, 0) is 38.5 Å². The normalized spacial score (nSPS) is 19.4. The first-order chi connectivity index (χ1) is 13.3. The SMILES string of the molecule is C=S(C)(C)=Nc1cc(N2CCOC[C@H]2C)cc(-c2ccnc3c2C=C(C)C3)n1. The van der Waals surface area contributed by atoms with Crippen LogP contribution in [-0.4, -0.2) is 54.2 Å². The van der Waals surface area contributed by atoms with E-state index in [1.54, 1.807) is 0 Å². The summed E-state index contributed by atoms with van der Waals surface area (Å²) < 4.78 is 10.5. The van der Waals surface area contributed by atoms with Crippen LogP contribution in [-0.2, 0) is 20.6 Å². The Bertz CT molecular complexity index is 1060. The number of hydrogen-bond donors (Lipinski definition) is 0. The van der Waals surface area contributed by atoms with Gasteiger partial charge in [-0.25, -0.2) is 9.35 Å². The van der Waals surface area contributed by atoms with Crippen LogP contribution in [0.3, 0.4) is 0 Å². The Labute approximate surface area is 168 Å². The Morgan fingerprint density at radius 1 is 1.32 bits per heavy atom. The Balaban J connectivity index is 1.88. The molecule has 1 aliphatic heterocycles. The summed E-state index contributed by atoms with van der Waals surface area (Å²) >= 11 is 0. The van der Waals surface area contributed by atoms with Crippen LogP contribution < -0.4 is 4.90 Å². The minimum atomic E-state index is -1.31. The second-order valence-electron chi connectivity index (χ2n) is 8.14. The lowest BCUT2D eigenvalue weighted by Gasteiger charge is -2.35. The number of fused-ring (bicyclic) bond motifs is 1. The second-order valence-corrected chi connectivity index (χ2v) is 11.3. The minimum Gasteiger partial charge on any atom is -0.377 e. The van der Waals surface area contributed by atoms with Crippen LogP contribution in [0.1, 0.15) is 25.1 Å². The molecule has 0 aromatic carbocycles. The molecular formula is C22H28N4OS. The van der Waals surface area contributed by atoms with Crippen molar-refractivity contribution < 1.29 is 4.74 Å². The number of allylic oxidation sites excluding steroid dienone is 1. The van der Waals surface area contributed by atoms with Crippen molar-refractivity contribution >= 4 is 32.9 Å². The zero-order valence-electron chi connectivity index (χ0n) is 17.1. The zero-order valence-corrected chi connectivity index (χ0v) is 17.9. The summed E-state index contributed by atoms with van der Waals surface area (Å²) in [6, 6.07) is 6.66. The molecule has 4 rings (SSSR count). The highest BCUT2D eigenvalue weighted by atomic mass is 32.2. The van der Waals surface area contributed by atoms with Crippen LogP contribution in [0.25, 0.3) is 17.3 Å². The molecule has 148 valence electrons. The summed E-state index contributed by atoms with van der Waals surface area (Å²) in [7, 11) is -1.31. The molecule has 2 aliphatic rings. The van der Waals surface area contributed by atoms with Crippen molar-refractivity contribution in [2.75, 3.05) is 37.2 Å². The van der Waals surface area contributed by atoms with Gasteiger partial charge in [0, 0.05) is 48.1 Å². The van der Waals surface area contributed by atoms with Crippen molar-refractivity contribution in [2.45, 2.75) is 26.3 Å². The molecule has 0 radical (unpaired) electrons. The maximum Gasteiger partial charge on any atom is 0.160 e. The van der Waals surface area contributed by atoms with E-state index in [4.69, 9.17) is 14.1 Å². The van der Waals surface area contributed by atoms with Gasteiger partial charge in [0.05, 0.1) is 24.6 Å². The average molecular weight is 397 g/mol. The minimum absolute atomic E-state index is 0.322. The van der Waals surface area contributed by atoms with Crippen LogP contribution in [0.2, 0.25) is 0 Å². The predicted octanol–water partition coefficient (Wildman–Crippen LogP) is 3.99. The van der Waals surface area contributed by atoms with Crippen LogP contribution >= 0.6 is 0 Å². The maximum absolute atomic E-state index is 5.63. The average Bonchev–Trinajstić information content (AvgIpc) is 3.00. The number of pyridine rings is 2. The van der Waals surface area contributed by atoms with E-state index in [1.807, 2.05) is 6.20 Å². The topological polar surface area (TPSA) is 50.6 Å². The molecule has 0 saturated carbocycles. The van der Waals surface area contributed by atoms with Gasteiger partial charge in [-0.15, -0.1) is 9.41 Å². The van der Waals surface area contributed by atoms with Crippen molar-refractivity contribution in [1.29, 1.82) is 0 Å². The molecule has 1 atom stereocenters. The van der Waals surface area contributed by atoms with Gasteiger partial charge in [-0.2, -0.15) is 0 Å². The summed E-state index contributed by atoms with van der Waals surface area (Å²) in [5.41, 5.74) is 6.87. The molecule has 2 aromatic heterocycles. The highest BCUT2D eigenvalue weighted by Gasteiger charge is 2.22. The van der Waals surface area contributed by atoms with Crippen LogP contribution in [0, 0.1) is 0 Å². The van der Waals surface area contributed by atoms with Crippen LogP contribution in [0.4, 0.5) is 11.5 Å². The quantitative estimate of drug-likeness (QED) is 0.736. The van der Waals surface area contributed by atoms with E-state index in [2.05, 4.69) is 66.4 Å². The fourth-order valence-electron chi connectivity index (χ4n) is 3.82. The van der Waals surface area contributed by atoms with Crippen molar-refractivity contribution in [1.82, 2.24) is 9.97 Å². The Kier molecular flexibility index (Phi) is 5.02. The first kappa shape index (κ1) is 19.2. The Hall–Kier alpha value is -2.18. The van der Waals surface area contributed by atoms with E-state index in [9.17, 15) is 0 Å². The van der Waals surface area contributed by atoms with Gasteiger partial charge in [-0.3, -0.25) is 4.98 Å². The van der Waals surface area contributed by atoms with Gasteiger partial charge >= 0.3 is 0 Å². The third kappa shape index (κ3) is 3.98. The van der Waals surface area contributed by atoms with E-state index in [1.165, 1.54) is 11.1 Å². The van der Waals surface area contributed by atoms with Crippen LogP contribution in [0.5, 0.6) is 0 Å². The number of ether oxygens (including phenoxy) is 1. The van der Waals surface area contributed by atoms with Gasteiger partial charge in [-0.1, -0.05) is 17.5 Å². The molecule has 1 aliphatic carbocycles. The smallest absolute Gasteiger partial charge is 0.160 e. The third-order valence-electron chi connectivity index (χ3n) is 5.02. The number of hydrogen-bond acceptors (Lipinski definition) is 5. The number of aromatic nitrogens is 2. The molecule has 0 unspecified atom stereocenters. The number of morpholine rings is 1. The van der Waals surface area contributed by atoms with E-state index in [0.717, 1.165) is 54.6 Å². The van der Waals surface area contributed by atoms with Crippen LogP contribution in [0.15, 0.2) is 34.3 Å². The highest BCUT2D eigenvalue weighted by Crippen LogP contribution is 2.35. The molecule has 6 heteroatoms. The number of nitrogens with zero attached hydrogens (tertiary/aromatic N) is 4. The van der Waals surface area contributed by atoms with Gasteiger partial charge in [0.2, 0.25) is 0 Å². The lowest BCUT2D eigenvalue weighted by Crippen LogP contribution is -2.43. The monoisotopic (exact) mass is 396 g/mol. The molecule has 2 aromatic rings. The van der Waals surface area contributed by atoms with Gasteiger partial charge < -0.3 is 9.64 Å². The second kappa shape index (κ2) is 7.33. The van der Waals surface area contributed by atoms with Crippen molar-refractivity contribution in [3.8, 4) is 11.3 Å². The van der Waals surface area contributed by atoms with E-state index >= 15 is 0 Å². The standard InChI is InChI=1S/C22H28N4OS/c1-15-10-19-18(6-7-23-20(19)11-15)21-12-17(26-8-9-27-14-16(26)2)13-22(24-21)25-28(3,4)5/h6-7,10,12-13,16H,3,8-9,11,14H2,1-2,4-5H3/t16-/m1/s1. The number of anilines is 1. The van der Waals surface area contributed by atoms with Crippen molar-refractivity contribution in [3.05, 3.63) is 41.2 Å². The summed E-state index contributed by atoms with van der Waals surface area (Å²) in [6.07, 6.45) is 9.19. The Morgan fingerprint density at radius 3 is 2.89 bits per heavy atom. The molecule has 0 spiro atoms. The Morgan fingerprint density at radius 2 is 2.14 bits per heavy atom. The molecule has 1 saturated heterocycles. The largest absolute Gasteiger partial charge is 0.377 e. The highest BCUT2D eigenvalue weighted by molar-refractivity contribution is 8.01. The zero-order chi connectivity index (χ0) is 19.9. The molecule has 0 N–H and O–H groups in total. The maximum atomic E-state index is 5.63. The first-order valence-electron chi connectivity index (χ1n) is 9.61. The number of rotatable bonds is 3. The molecule has 1 fully saturated rings. The van der Waals surface area contributed by atoms with Gasteiger partial charge in [0.15, 0.2) is 5.82 Å². The molecule has 28 heavy (non-hydrogen) atoms. The summed E-state index contributed by atoms with van der Waals surface area (Å²) in [5.74, 6) is 4.97. The molecule has 0 bridgehead atoms. The third-order valence-corrected chi connectivity index (χ3v) is 5.70. The molecule has 0 amide bonds. The molecular weight excluding hydrogens is 368 g/mol. The van der Waals surface area contributed by atoms with E-state index in [-0.39, 0.29) is 0 Å². The summed E-state index contributed by atoms with van der Waals surface area (Å²) in [6.45, 7) is 6.71. The lowest BCUT2D eigenvalue weighted by atomic mass is 10.0. The molecule has 3 heterocycles. The lowest BCUT2D eigenvalue weighted by molar-refractivity contribution is 0.0989. The summed E-state index contributed by atoms with van der Waals surface area (Å²) in [5, 5.41) is 0. The fraction of sp³-hybridized carbons (Fsp3) is 0.409. The van der Waals surface area contributed by atoms with Crippen molar-refractivity contribution in [2.24, 2.45) is 4.36 Å². The fourth-order valence-corrected chi connectivity index (χ4v) is 4.42. The molecule has 5 nitrogen and oxygen atoms in total. The van der Waals surface area contributed by atoms with Gasteiger partial charge in [0.25, 0.3) is 0 Å². The summed E-state index contributed by atoms with van der Waals surface area (Å²) in [4.78, 5) is 11.9. The predicted molar refractivity (Wildman–Crippen MR) is 121 cm³/mol. The first-order valence-corrected chi connectivity index (χ1v) is 12.2. The van der Waals surface area contributed by atoms with E-state index < -0.39 is 9.41 Å².